The highest BCUT2D eigenvalue weighted by molar-refractivity contribution is 7.93. The highest BCUT2D eigenvalue weighted by atomic mass is 35.5. The number of hydrogen-bond acceptors (Lipinski definition) is 5. The molecule has 1 rings (SSSR count). The maximum atomic E-state index is 12.2. The third-order valence-corrected chi connectivity index (χ3v) is 4.72. The average Bonchev–Trinajstić information content (AvgIpc) is 2.26. The molecule has 104 valence electrons. The molecule has 0 saturated carbocycles. The third kappa shape index (κ3) is 3.36. The van der Waals surface area contributed by atoms with Crippen molar-refractivity contribution >= 4 is 39.1 Å². The number of rotatable bonds is 3. The number of nitrogens with one attached hydrogen (secondary N) is 1. The molecule has 0 heterocycles. The van der Waals surface area contributed by atoms with E-state index in [0.29, 0.717) is 0 Å². The van der Waals surface area contributed by atoms with Gasteiger partial charge in [-0.2, -0.15) is 0 Å². The van der Waals surface area contributed by atoms with E-state index >= 15 is 0 Å². The fourth-order valence-electron chi connectivity index (χ4n) is 1.33. The molecule has 0 radical (unpaired) electrons. The molecule has 0 aliphatic carbocycles. The smallest absolute Gasteiger partial charge is 0.318 e. The average molecular weight is 306 g/mol. The van der Waals surface area contributed by atoms with Crippen LogP contribution in [0.4, 0.5) is 10.5 Å². The summed E-state index contributed by atoms with van der Waals surface area (Å²) in [4.78, 5) is 21.8. The first kappa shape index (κ1) is 15.3. The van der Waals surface area contributed by atoms with E-state index < -0.39 is 27.0 Å². The highest BCUT2D eigenvalue weighted by Crippen LogP contribution is 2.25. The molecular formula is C10H12ClN3O4S. The molecule has 0 saturated heterocycles. The van der Waals surface area contributed by atoms with Crippen molar-refractivity contribution in [1.29, 1.82) is 0 Å². The van der Waals surface area contributed by atoms with E-state index in [1.54, 1.807) is 5.32 Å². The minimum absolute atomic E-state index is 0.0776. The van der Waals surface area contributed by atoms with Crippen LogP contribution in [-0.4, -0.2) is 25.6 Å². The number of nitrogens with two attached hydrogens (primary N) is 2. The van der Waals surface area contributed by atoms with E-state index in [1.807, 2.05) is 0 Å². The first-order valence-electron chi connectivity index (χ1n) is 5.05. The Hall–Kier alpha value is -1.80. The number of halogens is 1. The molecule has 0 fully saturated rings. The summed E-state index contributed by atoms with van der Waals surface area (Å²) in [6.07, 6.45) is 0. The lowest BCUT2D eigenvalue weighted by Gasteiger charge is -2.13. The van der Waals surface area contributed by atoms with Gasteiger partial charge in [-0.15, -0.1) is 0 Å². The molecule has 0 bridgehead atoms. The maximum absolute atomic E-state index is 12.2. The van der Waals surface area contributed by atoms with Crippen LogP contribution in [0.2, 0.25) is 5.02 Å². The van der Waals surface area contributed by atoms with Crippen molar-refractivity contribution in [2.75, 3.05) is 5.73 Å². The van der Waals surface area contributed by atoms with Gasteiger partial charge < -0.3 is 11.5 Å². The molecule has 1 aromatic carbocycles. The van der Waals surface area contributed by atoms with Crippen molar-refractivity contribution in [3.05, 3.63) is 23.2 Å². The van der Waals surface area contributed by atoms with Crippen LogP contribution < -0.4 is 16.8 Å². The van der Waals surface area contributed by atoms with E-state index in [-0.39, 0.29) is 15.6 Å². The van der Waals surface area contributed by atoms with Crippen LogP contribution in [-0.2, 0) is 14.6 Å². The second-order valence-electron chi connectivity index (χ2n) is 3.72. The number of amides is 3. The Morgan fingerprint density at radius 1 is 1.37 bits per heavy atom. The van der Waals surface area contributed by atoms with Crippen molar-refractivity contribution in [3.63, 3.8) is 0 Å². The Kier molecular flexibility index (Phi) is 4.38. The zero-order chi connectivity index (χ0) is 14.8. The fraction of sp³-hybridized carbons (Fsp3) is 0.200. The Balaban J connectivity index is 3.16. The molecule has 0 aromatic heterocycles. The molecule has 5 N–H and O–H groups in total. The zero-order valence-corrected chi connectivity index (χ0v) is 11.5. The molecule has 1 atom stereocenters. The van der Waals surface area contributed by atoms with Crippen LogP contribution in [0.3, 0.4) is 0 Å². The summed E-state index contributed by atoms with van der Waals surface area (Å²) < 4.78 is 24.3. The minimum Gasteiger partial charge on any atom is -0.398 e. The van der Waals surface area contributed by atoms with Crippen LogP contribution in [0.1, 0.15) is 6.92 Å². The number of nitrogen functional groups attached to an aromatic ring is 1. The first-order valence-corrected chi connectivity index (χ1v) is 6.98. The van der Waals surface area contributed by atoms with Gasteiger partial charge in [-0.25, -0.2) is 13.2 Å². The van der Waals surface area contributed by atoms with Crippen LogP contribution in [0.15, 0.2) is 23.1 Å². The number of hydrogen-bond donors (Lipinski definition) is 3. The van der Waals surface area contributed by atoms with Gasteiger partial charge in [-0.1, -0.05) is 11.6 Å². The fourth-order valence-corrected chi connectivity index (χ4v) is 2.88. The third-order valence-electron chi connectivity index (χ3n) is 2.36. The quantitative estimate of drug-likeness (QED) is 0.690. The monoisotopic (exact) mass is 305 g/mol. The summed E-state index contributed by atoms with van der Waals surface area (Å²) in [5.74, 6) is -1.03. The predicted octanol–water partition coefficient (Wildman–Crippen LogP) is 0.279. The molecule has 1 aromatic rings. The van der Waals surface area contributed by atoms with E-state index in [2.05, 4.69) is 0 Å². The lowest BCUT2D eigenvalue weighted by Crippen LogP contribution is -2.43. The molecule has 7 nitrogen and oxygen atoms in total. The summed E-state index contributed by atoms with van der Waals surface area (Å²) in [5.41, 5.74) is 10.2. The topological polar surface area (TPSA) is 132 Å². The number of benzene rings is 1. The van der Waals surface area contributed by atoms with Gasteiger partial charge >= 0.3 is 6.03 Å². The summed E-state index contributed by atoms with van der Waals surface area (Å²) in [6, 6.07) is 2.66. The van der Waals surface area contributed by atoms with Crippen molar-refractivity contribution in [2.24, 2.45) is 5.73 Å². The van der Waals surface area contributed by atoms with E-state index in [4.69, 9.17) is 23.1 Å². The molecule has 1 unspecified atom stereocenters. The highest BCUT2D eigenvalue weighted by Gasteiger charge is 2.31. The SMILES string of the molecule is CC(C(=O)NC(N)=O)S(=O)(=O)c1ccc(Cl)cc1N. The summed E-state index contributed by atoms with van der Waals surface area (Å²) in [6.45, 7) is 1.13. The normalized spacial score (nSPS) is 12.7. The molecule has 0 aliphatic rings. The van der Waals surface area contributed by atoms with E-state index in [9.17, 15) is 18.0 Å². The summed E-state index contributed by atoms with van der Waals surface area (Å²) >= 11 is 5.66. The van der Waals surface area contributed by atoms with Crippen LogP contribution in [0, 0.1) is 0 Å². The Morgan fingerprint density at radius 3 is 2.42 bits per heavy atom. The van der Waals surface area contributed by atoms with Gasteiger partial charge in [-0.3, -0.25) is 10.1 Å². The summed E-state index contributed by atoms with van der Waals surface area (Å²) in [5, 5.41) is 0.462. The van der Waals surface area contributed by atoms with Gasteiger partial charge in [0.1, 0.15) is 5.25 Å². The second kappa shape index (κ2) is 5.45. The van der Waals surface area contributed by atoms with Crippen molar-refractivity contribution < 1.29 is 18.0 Å². The standard InChI is InChI=1S/C10H12ClN3O4S/c1-5(9(15)14-10(13)16)19(17,18)8-3-2-6(11)4-7(8)12/h2-5H,12H2,1H3,(H3,13,14,15,16). The maximum Gasteiger partial charge on any atom is 0.318 e. The van der Waals surface area contributed by atoms with Gasteiger partial charge in [0.25, 0.3) is 0 Å². The largest absolute Gasteiger partial charge is 0.398 e. The molecular weight excluding hydrogens is 294 g/mol. The number of anilines is 1. The zero-order valence-electron chi connectivity index (χ0n) is 9.88. The molecule has 3 amide bonds. The van der Waals surface area contributed by atoms with Crippen LogP contribution >= 0.6 is 11.6 Å². The number of sulfone groups is 1. The molecule has 0 spiro atoms. The van der Waals surface area contributed by atoms with Crippen molar-refractivity contribution in [3.8, 4) is 0 Å². The van der Waals surface area contributed by atoms with Gasteiger partial charge in [0.05, 0.1) is 10.6 Å². The first-order chi connectivity index (χ1) is 8.66. The lowest BCUT2D eigenvalue weighted by atomic mass is 10.3. The molecule has 9 heteroatoms. The summed E-state index contributed by atoms with van der Waals surface area (Å²) in [7, 11) is -4.03. The predicted molar refractivity (Wildman–Crippen MR) is 70.2 cm³/mol. The van der Waals surface area contributed by atoms with Gasteiger partial charge in [0.2, 0.25) is 5.91 Å². The number of urea groups is 1. The molecule has 0 aliphatic heterocycles. The van der Waals surface area contributed by atoms with Gasteiger partial charge in [0, 0.05) is 5.02 Å². The van der Waals surface area contributed by atoms with E-state index in [0.717, 1.165) is 6.92 Å². The van der Waals surface area contributed by atoms with Gasteiger partial charge in [-0.05, 0) is 25.1 Å². The van der Waals surface area contributed by atoms with Crippen molar-refractivity contribution in [2.45, 2.75) is 17.1 Å². The Bertz CT molecular complexity index is 630. The number of imide groups is 1. The van der Waals surface area contributed by atoms with Crippen molar-refractivity contribution in [1.82, 2.24) is 5.32 Å². The Morgan fingerprint density at radius 2 is 1.95 bits per heavy atom. The van der Waals surface area contributed by atoms with Crippen LogP contribution in [0.25, 0.3) is 0 Å². The number of carbonyl (C=O) groups is 2. The minimum atomic E-state index is -4.03. The molecule has 19 heavy (non-hydrogen) atoms. The van der Waals surface area contributed by atoms with Gasteiger partial charge in [0.15, 0.2) is 9.84 Å². The number of primary amides is 1. The second-order valence-corrected chi connectivity index (χ2v) is 6.40. The lowest BCUT2D eigenvalue weighted by molar-refractivity contribution is -0.119. The van der Waals surface area contributed by atoms with E-state index in [1.165, 1.54) is 18.2 Å². The Labute approximate surface area is 114 Å². The number of carbonyl (C=O) groups excluding carboxylic acids is 2. The van der Waals surface area contributed by atoms with Crippen LogP contribution in [0.5, 0.6) is 0 Å².